The van der Waals surface area contributed by atoms with Crippen molar-refractivity contribution in [2.45, 2.75) is 12.5 Å². The first-order valence-electron chi connectivity index (χ1n) is 9.53. The Hall–Kier alpha value is -4.33. The van der Waals surface area contributed by atoms with Gasteiger partial charge in [-0.05, 0) is 35.4 Å². The Morgan fingerprint density at radius 3 is 2.29 bits per heavy atom. The van der Waals surface area contributed by atoms with E-state index in [1.807, 2.05) is 5.18 Å². The summed E-state index contributed by atoms with van der Waals surface area (Å²) >= 11 is 0. The van der Waals surface area contributed by atoms with E-state index in [4.69, 9.17) is 11.1 Å². The number of rotatable bonds is 8. The zero-order valence-corrected chi connectivity index (χ0v) is 16.6. The molecule has 0 fully saturated rings. The highest BCUT2D eigenvalue weighted by molar-refractivity contribution is 6.11. The summed E-state index contributed by atoms with van der Waals surface area (Å²) in [6.45, 7) is 0.165. The van der Waals surface area contributed by atoms with E-state index in [-0.39, 0.29) is 12.4 Å². The van der Waals surface area contributed by atoms with Crippen LogP contribution in [0.5, 0.6) is 0 Å². The fraction of sp³-hybridized carbons (Fsp3) is 0.0870. The average Bonchev–Trinajstić information content (AvgIpc) is 2.79. The van der Waals surface area contributed by atoms with Crippen LogP contribution in [0, 0.1) is 10.3 Å². The van der Waals surface area contributed by atoms with Crippen LogP contribution in [0.15, 0.2) is 78.9 Å². The first-order chi connectivity index (χ1) is 15.0. The fourth-order valence-electron chi connectivity index (χ4n) is 3.05. The van der Waals surface area contributed by atoms with Gasteiger partial charge in [-0.3, -0.25) is 15.0 Å². The number of carbonyl (C=O) groups excluding carboxylic acids is 2. The predicted octanol–water partition coefficient (Wildman–Crippen LogP) is 1.49. The van der Waals surface area contributed by atoms with Crippen LogP contribution in [0.1, 0.15) is 22.6 Å². The molecule has 0 spiro atoms. The van der Waals surface area contributed by atoms with E-state index in [1.165, 1.54) is 0 Å². The Morgan fingerprint density at radius 2 is 1.65 bits per heavy atom. The number of benzene rings is 3. The van der Waals surface area contributed by atoms with Gasteiger partial charge in [-0.25, -0.2) is 0 Å². The quantitative estimate of drug-likeness (QED) is 0.216. The smallest absolute Gasteiger partial charge is 0.253 e. The number of nitrogens with two attached hydrogens (primary N) is 1. The van der Waals surface area contributed by atoms with Crippen molar-refractivity contribution in [1.29, 1.82) is 5.41 Å². The molecule has 0 radical (unpaired) electrons. The third-order valence-electron chi connectivity index (χ3n) is 4.63. The maximum absolute atomic E-state index is 13.0. The zero-order valence-electron chi connectivity index (χ0n) is 16.6. The van der Waals surface area contributed by atoms with Gasteiger partial charge in [0.2, 0.25) is 11.8 Å². The number of nitrogen functional groups attached to an aromatic ring is 1. The monoisotopic (exact) mass is 416 g/mol. The van der Waals surface area contributed by atoms with E-state index >= 15 is 0 Å². The lowest BCUT2D eigenvalue weighted by Gasteiger charge is -2.17. The molecule has 3 rings (SSSR count). The summed E-state index contributed by atoms with van der Waals surface area (Å²) in [6.07, 6.45) is 0. The van der Waals surface area contributed by atoms with Crippen molar-refractivity contribution in [3.8, 4) is 0 Å². The number of amidine groups is 1. The molecule has 8 heteroatoms. The lowest BCUT2D eigenvalue weighted by atomic mass is 9.97. The zero-order chi connectivity index (χ0) is 22.2. The lowest BCUT2D eigenvalue weighted by Crippen LogP contribution is -2.55. The molecule has 0 bridgehead atoms. The second-order valence-electron chi connectivity index (χ2n) is 6.84. The van der Waals surface area contributed by atoms with Crippen LogP contribution in [0.25, 0.3) is 0 Å². The molecule has 31 heavy (non-hydrogen) atoms. The van der Waals surface area contributed by atoms with Crippen LogP contribution in [-0.2, 0) is 16.1 Å². The summed E-state index contributed by atoms with van der Waals surface area (Å²) in [5.41, 5.74) is 8.13. The van der Waals surface area contributed by atoms with Crippen molar-refractivity contribution in [3.05, 3.63) is 100 Å². The van der Waals surface area contributed by atoms with Crippen molar-refractivity contribution < 1.29 is 14.8 Å². The first-order valence-corrected chi connectivity index (χ1v) is 9.53. The van der Waals surface area contributed by atoms with Crippen molar-refractivity contribution in [3.63, 3.8) is 0 Å². The van der Waals surface area contributed by atoms with Crippen molar-refractivity contribution in [2.75, 3.05) is 5.32 Å². The van der Waals surface area contributed by atoms with Crippen LogP contribution in [0.4, 0.5) is 11.4 Å². The minimum atomic E-state index is -1.07. The molecule has 3 aromatic carbocycles. The summed E-state index contributed by atoms with van der Waals surface area (Å²) in [4.78, 5) is 36.8. The molecule has 3 aromatic rings. The number of nitrogens with one attached hydrogen (secondary N) is 4. The van der Waals surface area contributed by atoms with E-state index < -0.39 is 17.7 Å². The SMILES string of the molecule is N=C(N)c1ccc(NC(=O)C(C(=O)NCc2cccc([NH+]=O)c2)c2ccccc2)cc1. The first kappa shape index (κ1) is 21.4. The largest absolute Gasteiger partial charge is 0.384 e. The molecule has 0 aliphatic carbocycles. The third kappa shape index (κ3) is 5.60. The summed E-state index contributed by atoms with van der Waals surface area (Å²) < 4.78 is 0. The second-order valence-corrected chi connectivity index (χ2v) is 6.84. The lowest BCUT2D eigenvalue weighted by molar-refractivity contribution is -0.379. The minimum Gasteiger partial charge on any atom is -0.384 e. The number of anilines is 1. The molecule has 1 unspecified atom stereocenters. The van der Waals surface area contributed by atoms with Gasteiger partial charge in [0.05, 0.1) is 0 Å². The van der Waals surface area contributed by atoms with Gasteiger partial charge in [0.1, 0.15) is 11.8 Å². The highest BCUT2D eigenvalue weighted by atomic mass is 16.3. The second kappa shape index (κ2) is 9.93. The van der Waals surface area contributed by atoms with Crippen LogP contribution in [0.2, 0.25) is 0 Å². The van der Waals surface area contributed by atoms with E-state index in [0.29, 0.717) is 22.5 Å². The molecule has 8 nitrogen and oxygen atoms in total. The van der Waals surface area contributed by atoms with Gasteiger partial charge in [-0.2, -0.15) is 0 Å². The minimum absolute atomic E-state index is 0.0735. The van der Waals surface area contributed by atoms with Gasteiger partial charge >= 0.3 is 0 Å². The maximum Gasteiger partial charge on any atom is 0.253 e. The van der Waals surface area contributed by atoms with Crippen LogP contribution in [-0.4, -0.2) is 17.6 Å². The number of amides is 2. The fourth-order valence-corrected chi connectivity index (χ4v) is 3.05. The summed E-state index contributed by atoms with van der Waals surface area (Å²) in [5, 5.41) is 14.8. The Morgan fingerprint density at radius 1 is 0.935 bits per heavy atom. The van der Waals surface area contributed by atoms with Crippen molar-refractivity contribution in [1.82, 2.24) is 5.32 Å². The van der Waals surface area contributed by atoms with Crippen LogP contribution < -0.4 is 21.5 Å². The summed E-state index contributed by atoms with van der Waals surface area (Å²) in [6, 6.07) is 21.9. The molecule has 0 aromatic heterocycles. The molecule has 1 atom stereocenters. The Kier molecular flexibility index (Phi) is 6.85. The molecule has 0 saturated heterocycles. The van der Waals surface area contributed by atoms with Gasteiger partial charge in [-0.1, -0.05) is 42.5 Å². The van der Waals surface area contributed by atoms with Crippen molar-refractivity contribution in [2.24, 2.45) is 5.73 Å². The topological polar surface area (TPSA) is 139 Å². The number of nitroso groups, excluding NO2 is 1. The summed E-state index contributed by atoms with van der Waals surface area (Å²) in [5.74, 6) is -2.11. The van der Waals surface area contributed by atoms with Gasteiger partial charge in [-0.15, -0.1) is 0 Å². The third-order valence-corrected chi connectivity index (χ3v) is 4.63. The van der Waals surface area contributed by atoms with Gasteiger partial charge in [0.15, 0.2) is 0 Å². The van der Waals surface area contributed by atoms with Gasteiger partial charge in [0, 0.05) is 40.0 Å². The predicted molar refractivity (Wildman–Crippen MR) is 118 cm³/mol. The Balaban J connectivity index is 1.77. The molecule has 0 aliphatic rings. The van der Waals surface area contributed by atoms with E-state index in [9.17, 15) is 14.5 Å². The molecule has 156 valence electrons. The number of hydrogen-bond acceptors (Lipinski definition) is 4. The van der Waals surface area contributed by atoms with Gasteiger partial charge < -0.3 is 16.4 Å². The number of carbonyl (C=O) groups is 2. The molecular weight excluding hydrogens is 394 g/mol. The van der Waals surface area contributed by atoms with E-state index in [2.05, 4.69) is 10.6 Å². The standard InChI is InChI=1S/C23H21N5O3/c24-21(25)17-9-11-18(12-10-17)27-23(30)20(16-6-2-1-3-7-16)22(29)26-14-15-5-4-8-19(13-15)28-31/h1-13,20H,14H2,(H3,24,25)(H,26,29)(H,27,30)/p+1. The molecule has 0 saturated carbocycles. The highest BCUT2D eigenvalue weighted by Gasteiger charge is 2.28. The molecule has 0 aliphatic heterocycles. The van der Waals surface area contributed by atoms with E-state index in [0.717, 1.165) is 5.56 Å². The normalized spacial score (nSPS) is 11.2. The summed E-state index contributed by atoms with van der Waals surface area (Å²) in [7, 11) is 0. The van der Waals surface area contributed by atoms with E-state index in [1.54, 1.807) is 78.9 Å². The maximum atomic E-state index is 13.0. The Bertz CT molecular complexity index is 1100. The average molecular weight is 416 g/mol. The molecule has 0 heterocycles. The van der Waals surface area contributed by atoms with Gasteiger partial charge in [0.25, 0.3) is 5.69 Å². The van der Waals surface area contributed by atoms with Crippen molar-refractivity contribution >= 4 is 29.0 Å². The van der Waals surface area contributed by atoms with Crippen LogP contribution in [0.3, 0.4) is 0 Å². The molecule has 6 N–H and O–H groups in total. The van der Waals surface area contributed by atoms with Crippen LogP contribution >= 0.6 is 0 Å². The molecule has 2 amide bonds. The highest BCUT2D eigenvalue weighted by Crippen LogP contribution is 2.20. The number of hydrogen-bond donors (Lipinski definition) is 5. The molecular formula is C23H22N5O3+. The Labute approximate surface area is 179 Å².